The molecule has 0 atom stereocenters. The van der Waals surface area contributed by atoms with Crippen LogP contribution < -0.4 is 9.47 Å². The van der Waals surface area contributed by atoms with E-state index in [9.17, 15) is 4.79 Å². The van der Waals surface area contributed by atoms with Crippen molar-refractivity contribution in [2.24, 2.45) is 0 Å². The molecule has 0 saturated heterocycles. The normalized spacial score (nSPS) is 15.4. The highest BCUT2D eigenvalue weighted by molar-refractivity contribution is 6.14. The summed E-state index contributed by atoms with van der Waals surface area (Å²) in [5.41, 5.74) is 4.36. The second kappa shape index (κ2) is 5.68. The van der Waals surface area contributed by atoms with Gasteiger partial charge in [-0.05, 0) is 54.8 Å². The Labute approximate surface area is 130 Å². The Morgan fingerprint density at radius 1 is 1.14 bits per heavy atom. The van der Waals surface area contributed by atoms with Crippen LogP contribution in [0.5, 0.6) is 11.5 Å². The summed E-state index contributed by atoms with van der Waals surface area (Å²) in [5, 5.41) is 0. The van der Waals surface area contributed by atoms with Crippen LogP contribution in [0, 0.1) is 13.8 Å². The monoisotopic (exact) mass is 294 g/mol. The number of fused-ring (bicyclic) bond motifs is 1. The first-order chi connectivity index (χ1) is 10.6. The van der Waals surface area contributed by atoms with Crippen LogP contribution in [0.3, 0.4) is 0 Å². The summed E-state index contributed by atoms with van der Waals surface area (Å²) in [6.45, 7) is 4.26. The summed E-state index contributed by atoms with van der Waals surface area (Å²) in [6, 6.07) is 11.5. The van der Waals surface area contributed by atoms with Crippen LogP contribution in [-0.4, -0.2) is 19.5 Å². The van der Waals surface area contributed by atoms with Crippen molar-refractivity contribution >= 4 is 11.9 Å². The number of carbonyl (C=O) groups excluding carboxylic acids is 1. The van der Waals surface area contributed by atoms with Crippen LogP contribution in [-0.2, 0) is 0 Å². The topological polar surface area (TPSA) is 35.5 Å². The predicted octanol–water partition coefficient (Wildman–Crippen LogP) is 3.97. The van der Waals surface area contributed by atoms with Crippen molar-refractivity contribution < 1.29 is 14.3 Å². The molecule has 0 saturated carbocycles. The van der Waals surface area contributed by atoms with Gasteiger partial charge in [0.05, 0.1) is 12.7 Å². The molecule has 2 aromatic rings. The first-order valence-corrected chi connectivity index (χ1v) is 7.22. The smallest absolute Gasteiger partial charge is 0.196 e. The Morgan fingerprint density at radius 3 is 2.55 bits per heavy atom. The van der Waals surface area contributed by atoms with Crippen LogP contribution in [0.15, 0.2) is 42.0 Å². The summed E-state index contributed by atoms with van der Waals surface area (Å²) in [6.07, 6.45) is 1.88. The number of methoxy groups -OCH3 is 1. The quantitative estimate of drug-likeness (QED) is 0.786. The van der Waals surface area contributed by atoms with Gasteiger partial charge in [-0.1, -0.05) is 18.2 Å². The number of hydrogen-bond acceptors (Lipinski definition) is 3. The third-order valence-electron chi connectivity index (χ3n) is 3.78. The van der Waals surface area contributed by atoms with E-state index in [2.05, 4.69) is 0 Å². The number of rotatable bonds is 2. The van der Waals surface area contributed by atoms with Crippen LogP contribution in [0.1, 0.15) is 27.0 Å². The highest BCUT2D eigenvalue weighted by Crippen LogP contribution is 2.32. The zero-order chi connectivity index (χ0) is 15.7. The van der Waals surface area contributed by atoms with Crippen LogP contribution in [0.2, 0.25) is 0 Å². The number of aryl methyl sites for hydroxylation is 2. The molecule has 0 aromatic heterocycles. The lowest BCUT2D eigenvalue weighted by Gasteiger charge is -2.21. The Balaban J connectivity index is 1.96. The van der Waals surface area contributed by atoms with E-state index in [4.69, 9.17) is 9.47 Å². The highest BCUT2D eigenvalue weighted by atomic mass is 16.5. The van der Waals surface area contributed by atoms with Gasteiger partial charge in [0.25, 0.3) is 0 Å². The molecule has 3 rings (SSSR count). The number of hydrogen-bond donors (Lipinski definition) is 0. The molecule has 112 valence electrons. The Kier molecular flexibility index (Phi) is 3.72. The van der Waals surface area contributed by atoms with Crippen molar-refractivity contribution in [3.8, 4) is 11.5 Å². The molecule has 1 aliphatic rings. The Bertz CT molecular complexity index is 755. The minimum absolute atomic E-state index is 0.0452. The van der Waals surface area contributed by atoms with E-state index in [1.807, 2.05) is 56.3 Å². The fourth-order valence-corrected chi connectivity index (χ4v) is 2.71. The van der Waals surface area contributed by atoms with E-state index in [1.165, 1.54) is 0 Å². The van der Waals surface area contributed by atoms with Gasteiger partial charge in [0, 0.05) is 5.57 Å². The standard InChI is InChI=1S/C19H18O3/c1-12-8-13(2)19-17(9-12)18(20)15(11-22-19)10-14-4-6-16(21-3)7-5-14/h4-10H,11H2,1-3H3/b15-10+. The average Bonchev–Trinajstić information content (AvgIpc) is 2.51. The van der Waals surface area contributed by atoms with E-state index < -0.39 is 0 Å². The van der Waals surface area contributed by atoms with E-state index in [0.29, 0.717) is 23.5 Å². The maximum atomic E-state index is 12.7. The fourth-order valence-electron chi connectivity index (χ4n) is 2.71. The number of carbonyl (C=O) groups is 1. The zero-order valence-corrected chi connectivity index (χ0v) is 13.0. The van der Waals surface area contributed by atoms with Gasteiger partial charge in [-0.15, -0.1) is 0 Å². The molecule has 0 radical (unpaired) electrons. The molecule has 3 nitrogen and oxygen atoms in total. The Morgan fingerprint density at radius 2 is 1.86 bits per heavy atom. The van der Waals surface area contributed by atoms with Gasteiger partial charge >= 0.3 is 0 Å². The van der Waals surface area contributed by atoms with Crippen molar-refractivity contribution in [1.29, 1.82) is 0 Å². The number of ether oxygens (including phenoxy) is 2. The number of Topliss-reactive ketones (excluding diaryl/α,β-unsaturated/α-hetero) is 1. The lowest BCUT2D eigenvalue weighted by atomic mass is 9.95. The van der Waals surface area contributed by atoms with Crippen LogP contribution in [0.25, 0.3) is 6.08 Å². The van der Waals surface area contributed by atoms with Crippen molar-refractivity contribution in [2.75, 3.05) is 13.7 Å². The fraction of sp³-hybridized carbons (Fsp3) is 0.211. The molecule has 3 heteroatoms. The average molecular weight is 294 g/mol. The van der Waals surface area contributed by atoms with Crippen LogP contribution in [0.4, 0.5) is 0 Å². The third kappa shape index (κ3) is 2.62. The predicted molar refractivity (Wildman–Crippen MR) is 86.7 cm³/mol. The maximum Gasteiger partial charge on any atom is 0.196 e. The molecule has 0 bridgehead atoms. The lowest BCUT2D eigenvalue weighted by molar-refractivity contribution is 0.100. The van der Waals surface area contributed by atoms with Gasteiger partial charge in [0.1, 0.15) is 18.1 Å². The number of benzene rings is 2. The van der Waals surface area contributed by atoms with Gasteiger partial charge in [0.15, 0.2) is 5.78 Å². The second-order valence-corrected chi connectivity index (χ2v) is 5.52. The van der Waals surface area contributed by atoms with Gasteiger partial charge in [-0.3, -0.25) is 4.79 Å². The molecule has 0 fully saturated rings. The molecule has 0 aliphatic carbocycles. The molecular weight excluding hydrogens is 276 g/mol. The minimum Gasteiger partial charge on any atom is -0.497 e. The zero-order valence-electron chi connectivity index (χ0n) is 13.0. The SMILES string of the molecule is COc1ccc(/C=C2\COc3c(C)cc(C)cc3C2=O)cc1. The minimum atomic E-state index is 0.0452. The molecule has 0 unspecified atom stereocenters. The highest BCUT2D eigenvalue weighted by Gasteiger charge is 2.24. The number of ketones is 1. The summed E-state index contributed by atoms with van der Waals surface area (Å²) in [7, 11) is 1.63. The summed E-state index contributed by atoms with van der Waals surface area (Å²) >= 11 is 0. The summed E-state index contributed by atoms with van der Waals surface area (Å²) in [4.78, 5) is 12.7. The summed E-state index contributed by atoms with van der Waals surface area (Å²) in [5.74, 6) is 1.55. The Hall–Kier alpha value is -2.55. The summed E-state index contributed by atoms with van der Waals surface area (Å²) < 4.78 is 10.9. The van der Waals surface area contributed by atoms with Crippen molar-refractivity contribution in [1.82, 2.24) is 0 Å². The van der Waals surface area contributed by atoms with E-state index in [-0.39, 0.29) is 5.78 Å². The molecular formula is C19H18O3. The van der Waals surface area contributed by atoms with Gasteiger partial charge in [0.2, 0.25) is 0 Å². The molecule has 22 heavy (non-hydrogen) atoms. The molecule has 1 heterocycles. The largest absolute Gasteiger partial charge is 0.497 e. The van der Waals surface area contributed by atoms with Gasteiger partial charge in [-0.25, -0.2) is 0 Å². The first kappa shape index (κ1) is 14.4. The van der Waals surface area contributed by atoms with Crippen LogP contribution >= 0.6 is 0 Å². The molecule has 0 spiro atoms. The third-order valence-corrected chi connectivity index (χ3v) is 3.78. The van der Waals surface area contributed by atoms with Gasteiger partial charge in [-0.2, -0.15) is 0 Å². The van der Waals surface area contributed by atoms with Crippen molar-refractivity contribution in [3.05, 3.63) is 64.2 Å². The molecule has 0 amide bonds. The second-order valence-electron chi connectivity index (χ2n) is 5.52. The van der Waals surface area contributed by atoms with E-state index in [0.717, 1.165) is 22.4 Å². The van der Waals surface area contributed by atoms with Gasteiger partial charge < -0.3 is 9.47 Å². The lowest BCUT2D eigenvalue weighted by Crippen LogP contribution is -2.20. The van der Waals surface area contributed by atoms with E-state index in [1.54, 1.807) is 7.11 Å². The first-order valence-electron chi connectivity index (χ1n) is 7.22. The van der Waals surface area contributed by atoms with E-state index >= 15 is 0 Å². The van der Waals surface area contributed by atoms with Crippen molar-refractivity contribution in [2.45, 2.75) is 13.8 Å². The molecule has 1 aliphatic heterocycles. The van der Waals surface area contributed by atoms with Crippen molar-refractivity contribution in [3.63, 3.8) is 0 Å². The maximum absolute atomic E-state index is 12.7. The molecule has 2 aromatic carbocycles. The molecule has 0 N–H and O–H groups in total.